The van der Waals surface area contributed by atoms with E-state index in [-0.39, 0.29) is 5.41 Å². The zero-order valence-corrected chi connectivity index (χ0v) is 9.18. The van der Waals surface area contributed by atoms with Crippen molar-refractivity contribution >= 4 is 0 Å². The Balaban J connectivity index is 3.17. The molecule has 0 aromatic heterocycles. The zero-order chi connectivity index (χ0) is 10.2. The van der Waals surface area contributed by atoms with Crippen molar-refractivity contribution in [3.8, 4) is 0 Å². The fraction of sp³-hybridized carbons (Fsp3) is 0.636. The van der Waals surface area contributed by atoms with Gasteiger partial charge in [-0.05, 0) is 11.3 Å². The smallest absolute Gasteiger partial charge is 0.0841 e. The van der Waals surface area contributed by atoms with E-state index >= 15 is 0 Å². The Morgan fingerprint density at radius 2 is 1.69 bits per heavy atom. The standard InChI is InChI=1S/C11H18N2/c1-7(2)10-9(11(4,5)6)8(3)12-13-10/h7H,3H2,1-2,4-6H3. The Morgan fingerprint density at radius 3 is 2.00 bits per heavy atom. The topological polar surface area (TPSA) is 24.7 Å². The lowest BCUT2D eigenvalue weighted by molar-refractivity contribution is 0.500. The van der Waals surface area contributed by atoms with E-state index in [1.165, 1.54) is 5.57 Å². The van der Waals surface area contributed by atoms with Gasteiger partial charge in [-0.25, -0.2) is 0 Å². The van der Waals surface area contributed by atoms with Crippen LogP contribution in [0.1, 0.15) is 34.6 Å². The van der Waals surface area contributed by atoms with Crippen LogP contribution in [0.3, 0.4) is 0 Å². The molecule has 1 aliphatic rings. The summed E-state index contributed by atoms with van der Waals surface area (Å²) in [5.41, 5.74) is 3.23. The maximum absolute atomic E-state index is 4.17. The van der Waals surface area contributed by atoms with E-state index in [0.29, 0.717) is 5.92 Å². The molecule has 0 bridgehead atoms. The van der Waals surface area contributed by atoms with Gasteiger partial charge in [-0.3, -0.25) is 0 Å². The Kier molecular flexibility index (Phi) is 2.42. The summed E-state index contributed by atoms with van der Waals surface area (Å²) in [5.74, 6) is 0.428. The minimum absolute atomic E-state index is 0.0974. The van der Waals surface area contributed by atoms with Gasteiger partial charge in [-0.15, -0.1) is 0 Å². The SMILES string of the molecule is C=C1N=NC(C(C)C)=C1C(C)(C)C. The summed E-state index contributed by atoms with van der Waals surface area (Å²) in [6, 6.07) is 0. The molecule has 72 valence electrons. The summed E-state index contributed by atoms with van der Waals surface area (Å²) in [5, 5.41) is 8.21. The van der Waals surface area contributed by atoms with Crippen molar-refractivity contribution < 1.29 is 0 Å². The highest BCUT2D eigenvalue weighted by atomic mass is 15.1. The Hall–Kier alpha value is -0.920. The van der Waals surface area contributed by atoms with Crippen LogP contribution >= 0.6 is 0 Å². The van der Waals surface area contributed by atoms with Crippen LogP contribution in [-0.4, -0.2) is 0 Å². The van der Waals surface area contributed by atoms with Gasteiger partial charge in [-0.2, -0.15) is 10.2 Å². The normalized spacial score (nSPS) is 17.8. The van der Waals surface area contributed by atoms with Gasteiger partial charge in [0.05, 0.1) is 11.4 Å². The van der Waals surface area contributed by atoms with E-state index in [9.17, 15) is 0 Å². The van der Waals surface area contributed by atoms with E-state index in [2.05, 4.69) is 51.4 Å². The molecule has 0 aromatic carbocycles. The lowest BCUT2D eigenvalue weighted by atomic mass is 9.82. The van der Waals surface area contributed by atoms with Crippen molar-refractivity contribution in [1.82, 2.24) is 0 Å². The minimum atomic E-state index is 0.0974. The van der Waals surface area contributed by atoms with Crippen molar-refractivity contribution in [2.45, 2.75) is 34.6 Å². The number of hydrogen-bond donors (Lipinski definition) is 0. The third kappa shape index (κ3) is 1.87. The van der Waals surface area contributed by atoms with Crippen molar-refractivity contribution in [3.63, 3.8) is 0 Å². The van der Waals surface area contributed by atoms with E-state index in [0.717, 1.165) is 11.4 Å². The predicted molar refractivity (Wildman–Crippen MR) is 55.3 cm³/mol. The number of allylic oxidation sites excluding steroid dienone is 2. The Morgan fingerprint density at radius 1 is 1.15 bits per heavy atom. The number of azo groups is 1. The average Bonchev–Trinajstić information content (AvgIpc) is 2.28. The highest BCUT2D eigenvalue weighted by molar-refractivity contribution is 5.40. The lowest BCUT2D eigenvalue weighted by Gasteiger charge is -2.22. The third-order valence-electron chi connectivity index (χ3n) is 2.12. The van der Waals surface area contributed by atoms with Gasteiger partial charge < -0.3 is 0 Å². The van der Waals surface area contributed by atoms with E-state index in [1.54, 1.807) is 0 Å². The zero-order valence-electron chi connectivity index (χ0n) is 9.18. The van der Waals surface area contributed by atoms with Crippen molar-refractivity contribution in [2.75, 3.05) is 0 Å². The van der Waals surface area contributed by atoms with Crippen LogP contribution in [0.2, 0.25) is 0 Å². The number of rotatable bonds is 1. The molecule has 0 fully saturated rings. The maximum Gasteiger partial charge on any atom is 0.0841 e. The lowest BCUT2D eigenvalue weighted by Crippen LogP contribution is -2.12. The highest BCUT2D eigenvalue weighted by Crippen LogP contribution is 2.40. The summed E-state index contributed by atoms with van der Waals surface area (Å²) in [6.07, 6.45) is 0. The summed E-state index contributed by atoms with van der Waals surface area (Å²) in [6.45, 7) is 14.7. The van der Waals surface area contributed by atoms with Crippen LogP contribution in [0, 0.1) is 11.3 Å². The average molecular weight is 178 g/mol. The van der Waals surface area contributed by atoms with Gasteiger partial charge >= 0.3 is 0 Å². The first kappa shape index (κ1) is 10.2. The fourth-order valence-corrected chi connectivity index (χ4v) is 1.58. The summed E-state index contributed by atoms with van der Waals surface area (Å²) >= 11 is 0. The molecule has 0 unspecified atom stereocenters. The molecule has 0 spiro atoms. The van der Waals surface area contributed by atoms with Crippen LogP contribution in [0.5, 0.6) is 0 Å². The van der Waals surface area contributed by atoms with E-state index in [4.69, 9.17) is 0 Å². The quantitative estimate of drug-likeness (QED) is 0.581. The molecule has 0 saturated carbocycles. The van der Waals surface area contributed by atoms with Crippen molar-refractivity contribution in [2.24, 2.45) is 21.6 Å². The molecule has 2 heteroatoms. The van der Waals surface area contributed by atoms with Crippen LogP contribution in [0.25, 0.3) is 0 Å². The van der Waals surface area contributed by atoms with Crippen LogP contribution in [0.15, 0.2) is 33.8 Å². The molecule has 0 aromatic rings. The summed E-state index contributed by atoms with van der Waals surface area (Å²) in [4.78, 5) is 0. The number of hydrogen-bond acceptors (Lipinski definition) is 2. The first-order chi connectivity index (χ1) is 5.84. The predicted octanol–water partition coefficient (Wildman–Crippen LogP) is 3.92. The van der Waals surface area contributed by atoms with E-state index < -0.39 is 0 Å². The molecule has 0 radical (unpaired) electrons. The Bertz CT molecular complexity index is 288. The second-order valence-electron chi connectivity index (χ2n) is 4.81. The molecule has 0 N–H and O–H groups in total. The minimum Gasteiger partial charge on any atom is -0.154 e. The van der Waals surface area contributed by atoms with Gasteiger partial charge in [0.1, 0.15) is 0 Å². The fourth-order valence-electron chi connectivity index (χ4n) is 1.58. The molecule has 0 saturated heterocycles. The van der Waals surface area contributed by atoms with Crippen LogP contribution < -0.4 is 0 Å². The molecule has 2 nitrogen and oxygen atoms in total. The van der Waals surface area contributed by atoms with Crippen LogP contribution in [-0.2, 0) is 0 Å². The molecule has 1 rings (SSSR count). The first-order valence-electron chi connectivity index (χ1n) is 4.69. The van der Waals surface area contributed by atoms with Crippen molar-refractivity contribution in [3.05, 3.63) is 23.5 Å². The second kappa shape index (κ2) is 3.09. The van der Waals surface area contributed by atoms with Gasteiger partial charge in [0.15, 0.2) is 0 Å². The molecule has 0 amide bonds. The van der Waals surface area contributed by atoms with Crippen molar-refractivity contribution in [1.29, 1.82) is 0 Å². The second-order valence-corrected chi connectivity index (χ2v) is 4.81. The monoisotopic (exact) mass is 178 g/mol. The Labute approximate surface area is 80.5 Å². The highest BCUT2D eigenvalue weighted by Gasteiger charge is 2.28. The molecule has 1 heterocycles. The first-order valence-corrected chi connectivity index (χ1v) is 4.69. The maximum atomic E-state index is 4.17. The molecule has 0 aliphatic carbocycles. The van der Waals surface area contributed by atoms with Gasteiger partial charge in [-0.1, -0.05) is 41.2 Å². The third-order valence-corrected chi connectivity index (χ3v) is 2.12. The summed E-state index contributed by atoms with van der Waals surface area (Å²) in [7, 11) is 0. The molecule has 0 atom stereocenters. The van der Waals surface area contributed by atoms with E-state index in [1.807, 2.05) is 0 Å². The van der Waals surface area contributed by atoms with Gasteiger partial charge in [0.25, 0.3) is 0 Å². The number of nitrogens with zero attached hydrogens (tertiary/aromatic N) is 2. The molecule has 1 aliphatic heterocycles. The summed E-state index contributed by atoms with van der Waals surface area (Å²) < 4.78 is 0. The van der Waals surface area contributed by atoms with Crippen LogP contribution in [0.4, 0.5) is 0 Å². The molecular weight excluding hydrogens is 160 g/mol. The largest absolute Gasteiger partial charge is 0.154 e. The van der Waals surface area contributed by atoms with Gasteiger partial charge in [0, 0.05) is 5.57 Å². The molecular formula is C11H18N2. The van der Waals surface area contributed by atoms with Gasteiger partial charge in [0.2, 0.25) is 0 Å². The molecule has 13 heavy (non-hydrogen) atoms.